The number of hydrogen-bond acceptors (Lipinski definition) is 8. The van der Waals surface area contributed by atoms with Crippen LogP contribution in [0, 0.1) is 0 Å². The Kier molecular flexibility index (Phi) is 65.8. The summed E-state index contributed by atoms with van der Waals surface area (Å²) < 4.78 is 33.2. The summed E-state index contributed by atoms with van der Waals surface area (Å²) in [5.41, 5.74) is 5.40. The molecule has 0 heterocycles. The summed E-state index contributed by atoms with van der Waals surface area (Å²) in [7, 11) is -4.39. The molecular weight excluding hydrogens is 1010 g/mol. The van der Waals surface area contributed by atoms with Crippen LogP contribution in [0.4, 0.5) is 0 Å². The Morgan fingerprint density at radius 1 is 0.362 bits per heavy atom. The number of nitrogens with two attached hydrogens (primary N) is 1. The maximum Gasteiger partial charge on any atom is 0.472 e. The van der Waals surface area contributed by atoms with Crippen molar-refractivity contribution < 1.29 is 37.6 Å². The van der Waals surface area contributed by atoms with Crippen LogP contribution in [0.15, 0.2) is 12.2 Å². The summed E-state index contributed by atoms with van der Waals surface area (Å²) in [6.45, 7) is 3.83. The van der Waals surface area contributed by atoms with Crippen LogP contribution in [0.5, 0.6) is 0 Å². The Balaban J connectivity index is 3.76. The van der Waals surface area contributed by atoms with E-state index >= 15 is 0 Å². The van der Waals surface area contributed by atoms with Gasteiger partial charge in [0.1, 0.15) is 6.61 Å². The van der Waals surface area contributed by atoms with Crippen LogP contribution in [-0.2, 0) is 32.7 Å². The van der Waals surface area contributed by atoms with Gasteiger partial charge in [0.05, 0.1) is 13.2 Å². The lowest BCUT2D eigenvalue weighted by Gasteiger charge is -2.19. The highest BCUT2D eigenvalue weighted by molar-refractivity contribution is 7.47. The lowest BCUT2D eigenvalue weighted by atomic mass is 10.0. The van der Waals surface area contributed by atoms with Gasteiger partial charge in [-0.25, -0.2) is 4.57 Å². The molecule has 0 rings (SSSR count). The first-order chi connectivity index (χ1) is 39.3. The van der Waals surface area contributed by atoms with E-state index in [4.69, 9.17) is 24.3 Å². The number of allylic oxidation sites excluding steroid dienone is 2. The van der Waals surface area contributed by atoms with Gasteiger partial charge in [0.25, 0.3) is 0 Å². The van der Waals surface area contributed by atoms with Gasteiger partial charge in [0.2, 0.25) is 0 Å². The summed E-state index contributed by atoms with van der Waals surface area (Å²) in [4.78, 5) is 35.3. The van der Waals surface area contributed by atoms with Crippen molar-refractivity contribution in [3.63, 3.8) is 0 Å². The SMILES string of the molecule is CCCCCCCCCC/C=C\CCCCCCCCCCCCCCCCCCCCCCCCCCCC(=O)OC(COC(=O)CCCCCCCCCCCCCCCCCCCCCCCC)COP(=O)(O)OCCN. The Morgan fingerprint density at radius 2 is 0.613 bits per heavy atom. The third-order valence-corrected chi connectivity index (χ3v) is 17.4. The van der Waals surface area contributed by atoms with E-state index in [9.17, 15) is 19.0 Å². The van der Waals surface area contributed by atoms with Crippen LogP contribution in [0.2, 0.25) is 0 Å². The molecule has 0 saturated heterocycles. The zero-order valence-corrected chi connectivity index (χ0v) is 54.5. The molecule has 10 heteroatoms. The number of ether oxygens (including phenoxy) is 2. The second-order valence-corrected chi connectivity index (χ2v) is 25.9. The van der Waals surface area contributed by atoms with E-state index in [1.165, 1.54) is 327 Å². The van der Waals surface area contributed by atoms with Gasteiger partial charge >= 0.3 is 19.8 Å². The standard InChI is InChI=1S/C70H138NO8P/c1-3-5-7-9-11-13-15-17-19-21-23-25-27-28-29-30-31-32-33-34-35-36-37-38-39-40-41-43-45-47-49-51-53-55-57-59-61-63-70(73)79-68(67-78-80(74,75)77-65-64-71)66-76-69(72)62-60-58-56-54-52-50-48-46-44-42-26-24-22-20-18-16-14-12-10-8-6-4-2/h21,23,68H,3-20,22,24-67,71H2,1-2H3,(H,74,75)/b23-21-. The van der Waals surface area contributed by atoms with Crippen molar-refractivity contribution in [2.45, 2.75) is 399 Å². The molecule has 9 nitrogen and oxygen atoms in total. The smallest absolute Gasteiger partial charge is 0.462 e. The van der Waals surface area contributed by atoms with Crippen LogP contribution in [0.3, 0.4) is 0 Å². The molecule has 0 amide bonds. The molecule has 476 valence electrons. The lowest BCUT2D eigenvalue weighted by Crippen LogP contribution is -2.29. The molecule has 0 aliphatic rings. The molecule has 0 bridgehead atoms. The molecule has 0 aromatic rings. The molecule has 0 aromatic carbocycles. The topological polar surface area (TPSA) is 134 Å². The van der Waals surface area contributed by atoms with Crippen molar-refractivity contribution in [1.82, 2.24) is 0 Å². The molecular formula is C70H138NO8P. The maximum absolute atomic E-state index is 12.8. The highest BCUT2D eigenvalue weighted by atomic mass is 31.2. The highest BCUT2D eigenvalue weighted by Gasteiger charge is 2.26. The number of rotatable bonds is 69. The Bertz CT molecular complexity index is 1320. The van der Waals surface area contributed by atoms with Gasteiger partial charge in [-0.2, -0.15) is 0 Å². The number of unbranched alkanes of at least 4 members (excludes halogenated alkanes) is 54. The van der Waals surface area contributed by atoms with Gasteiger partial charge in [-0.05, 0) is 38.5 Å². The van der Waals surface area contributed by atoms with Crippen LogP contribution in [-0.4, -0.2) is 49.3 Å². The third kappa shape index (κ3) is 65.9. The normalized spacial score (nSPS) is 12.9. The molecule has 0 aromatic heterocycles. The number of carbonyl (C=O) groups is 2. The molecule has 2 atom stereocenters. The fourth-order valence-electron chi connectivity index (χ4n) is 11.1. The molecule has 0 aliphatic carbocycles. The van der Waals surface area contributed by atoms with Gasteiger partial charge in [-0.3, -0.25) is 18.6 Å². The molecule has 2 unspecified atom stereocenters. The predicted molar refractivity (Wildman–Crippen MR) is 345 cm³/mol. The average molecular weight is 1150 g/mol. The van der Waals surface area contributed by atoms with Gasteiger partial charge < -0.3 is 20.1 Å². The Hall–Kier alpha value is -1.25. The van der Waals surface area contributed by atoms with E-state index < -0.39 is 26.5 Å². The van der Waals surface area contributed by atoms with E-state index in [-0.39, 0.29) is 38.6 Å². The van der Waals surface area contributed by atoms with E-state index in [2.05, 4.69) is 26.0 Å². The van der Waals surface area contributed by atoms with Gasteiger partial charge in [-0.15, -0.1) is 0 Å². The maximum atomic E-state index is 12.8. The van der Waals surface area contributed by atoms with Crippen LogP contribution in [0.25, 0.3) is 0 Å². The van der Waals surface area contributed by atoms with Crippen molar-refractivity contribution in [3.05, 3.63) is 12.2 Å². The summed E-state index contributed by atoms with van der Waals surface area (Å²) in [6.07, 6.45) is 80.4. The number of phosphoric acid groups is 1. The minimum absolute atomic E-state index is 0.0581. The van der Waals surface area contributed by atoms with Crippen molar-refractivity contribution >= 4 is 19.8 Å². The number of carbonyl (C=O) groups excluding carboxylic acids is 2. The predicted octanol–water partition coefficient (Wildman–Crippen LogP) is 23.1. The summed E-state index contributed by atoms with van der Waals surface area (Å²) in [5, 5.41) is 0. The summed E-state index contributed by atoms with van der Waals surface area (Å²) in [6, 6.07) is 0. The second kappa shape index (κ2) is 66.9. The average Bonchev–Trinajstić information content (AvgIpc) is 3.45. The van der Waals surface area contributed by atoms with Gasteiger partial charge in [0.15, 0.2) is 6.10 Å². The Labute approximate surface area is 498 Å². The largest absolute Gasteiger partial charge is 0.472 e. The molecule has 0 saturated carbocycles. The zero-order chi connectivity index (χ0) is 58.0. The van der Waals surface area contributed by atoms with E-state index in [1.54, 1.807) is 0 Å². The Morgan fingerprint density at radius 3 is 0.887 bits per heavy atom. The lowest BCUT2D eigenvalue weighted by molar-refractivity contribution is -0.161. The zero-order valence-electron chi connectivity index (χ0n) is 53.6. The quantitative estimate of drug-likeness (QED) is 0.0264. The van der Waals surface area contributed by atoms with Gasteiger partial charge in [-0.1, -0.05) is 353 Å². The first-order valence-corrected chi connectivity index (χ1v) is 37.2. The van der Waals surface area contributed by atoms with Crippen molar-refractivity contribution in [1.29, 1.82) is 0 Å². The molecule has 0 spiro atoms. The number of phosphoric ester groups is 1. The number of esters is 2. The molecule has 80 heavy (non-hydrogen) atoms. The molecule has 0 aliphatic heterocycles. The molecule has 3 N–H and O–H groups in total. The first kappa shape index (κ1) is 78.8. The van der Waals surface area contributed by atoms with E-state index in [0.717, 1.165) is 32.1 Å². The first-order valence-electron chi connectivity index (χ1n) is 35.7. The van der Waals surface area contributed by atoms with Crippen molar-refractivity contribution in [3.8, 4) is 0 Å². The van der Waals surface area contributed by atoms with Crippen molar-refractivity contribution in [2.75, 3.05) is 26.4 Å². The molecule has 0 fully saturated rings. The van der Waals surface area contributed by atoms with Crippen LogP contribution in [0.1, 0.15) is 393 Å². The van der Waals surface area contributed by atoms with Crippen LogP contribution < -0.4 is 5.73 Å². The monoisotopic (exact) mass is 1150 g/mol. The minimum Gasteiger partial charge on any atom is -0.462 e. The van der Waals surface area contributed by atoms with E-state index in [1.807, 2.05) is 0 Å². The summed E-state index contributed by atoms with van der Waals surface area (Å²) >= 11 is 0. The van der Waals surface area contributed by atoms with Crippen LogP contribution >= 0.6 is 7.82 Å². The minimum atomic E-state index is -4.39. The highest BCUT2D eigenvalue weighted by Crippen LogP contribution is 2.43. The third-order valence-electron chi connectivity index (χ3n) is 16.4. The fourth-order valence-corrected chi connectivity index (χ4v) is 11.9. The second-order valence-electron chi connectivity index (χ2n) is 24.5. The molecule has 0 radical (unpaired) electrons. The number of hydrogen-bond donors (Lipinski definition) is 2. The van der Waals surface area contributed by atoms with E-state index in [0.29, 0.717) is 6.42 Å². The fraction of sp³-hybridized carbons (Fsp3) is 0.943. The van der Waals surface area contributed by atoms with Crippen molar-refractivity contribution in [2.24, 2.45) is 5.73 Å². The summed E-state index contributed by atoms with van der Waals surface area (Å²) in [5.74, 6) is -0.799. The van der Waals surface area contributed by atoms with Gasteiger partial charge in [0, 0.05) is 19.4 Å².